The summed E-state index contributed by atoms with van der Waals surface area (Å²) in [6.07, 6.45) is 10.0. The number of fused-ring (bicyclic) bond motifs is 1. The van der Waals surface area contributed by atoms with Crippen LogP contribution in [-0.4, -0.2) is 52.7 Å². The maximum absolute atomic E-state index is 5.65. The minimum atomic E-state index is -0.0864. The zero-order chi connectivity index (χ0) is 15.6. The summed E-state index contributed by atoms with van der Waals surface area (Å²) in [7, 11) is 1.68. The molecule has 0 amide bonds. The number of hydrogen-bond acceptors (Lipinski definition) is 5. The van der Waals surface area contributed by atoms with Crippen LogP contribution < -0.4 is 0 Å². The summed E-state index contributed by atoms with van der Waals surface area (Å²) in [5.41, 5.74) is 5.43. The van der Waals surface area contributed by atoms with Gasteiger partial charge in [0.2, 0.25) is 0 Å². The van der Waals surface area contributed by atoms with Crippen LogP contribution in [-0.2, 0) is 22.3 Å². The number of hydrogen-bond donors (Lipinski definition) is 1. The smallest absolute Gasteiger partial charge is 0.151 e. The Balaban J connectivity index is 1.78. The minimum Gasteiger partial charge on any atom is -0.381 e. The van der Waals surface area contributed by atoms with Crippen LogP contribution in [0.15, 0.2) is 23.5 Å². The van der Waals surface area contributed by atoms with Gasteiger partial charge in [0.05, 0.1) is 30.8 Å². The fourth-order valence-electron chi connectivity index (χ4n) is 3.07. The van der Waals surface area contributed by atoms with Gasteiger partial charge in [-0.3, -0.25) is 10.1 Å². The average Bonchev–Trinajstić information content (AvgIpc) is 3.17. The van der Waals surface area contributed by atoms with E-state index in [1.807, 2.05) is 17.1 Å². The largest absolute Gasteiger partial charge is 0.381 e. The van der Waals surface area contributed by atoms with Crippen molar-refractivity contribution in [2.75, 3.05) is 20.3 Å². The van der Waals surface area contributed by atoms with Crippen LogP contribution in [0.25, 0.3) is 11.3 Å². The Labute approximate surface area is 134 Å². The number of rotatable bonds is 3. The number of aliphatic imine (C=N–C) groups is 1. The number of nitrogens with zero attached hydrogens (tertiary/aromatic N) is 4. The Morgan fingerprint density at radius 3 is 3.00 bits per heavy atom. The van der Waals surface area contributed by atoms with E-state index in [0.717, 1.165) is 49.4 Å². The second-order valence-electron chi connectivity index (χ2n) is 5.62. The summed E-state index contributed by atoms with van der Waals surface area (Å²) in [5.74, 6) is 0. The zero-order valence-electron chi connectivity index (χ0n) is 13.0. The molecule has 2 aromatic heterocycles. The highest BCUT2D eigenvalue weighted by Crippen LogP contribution is 2.28. The first-order valence-corrected chi connectivity index (χ1v) is 7.81. The number of aromatic amines is 1. The van der Waals surface area contributed by atoms with Gasteiger partial charge in [0.1, 0.15) is 5.69 Å². The van der Waals surface area contributed by atoms with Gasteiger partial charge in [-0.15, -0.1) is 0 Å². The van der Waals surface area contributed by atoms with E-state index in [4.69, 9.17) is 14.6 Å². The van der Waals surface area contributed by atoms with E-state index < -0.39 is 0 Å². The van der Waals surface area contributed by atoms with Crippen molar-refractivity contribution in [2.45, 2.75) is 25.5 Å². The van der Waals surface area contributed by atoms with Crippen molar-refractivity contribution in [1.82, 2.24) is 20.0 Å². The zero-order valence-corrected chi connectivity index (χ0v) is 13.0. The molecule has 2 aliphatic heterocycles. The summed E-state index contributed by atoms with van der Waals surface area (Å²) in [6.45, 7) is 1.44. The number of aromatic nitrogens is 4. The molecule has 0 aliphatic carbocycles. The fourth-order valence-corrected chi connectivity index (χ4v) is 3.07. The maximum atomic E-state index is 5.65. The van der Waals surface area contributed by atoms with E-state index in [0.29, 0.717) is 0 Å². The van der Waals surface area contributed by atoms with E-state index in [9.17, 15) is 0 Å². The normalized spacial score (nSPS) is 20.9. The van der Waals surface area contributed by atoms with Gasteiger partial charge in [0, 0.05) is 43.5 Å². The van der Waals surface area contributed by atoms with Crippen LogP contribution in [0.3, 0.4) is 0 Å². The molecule has 4 rings (SSSR count). The van der Waals surface area contributed by atoms with Crippen molar-refractivity contribution in [3.05, 3.63) is 35.4 Å². The fraction of sp³-hybridized carbons (Fsp3) is 0.438. The molecule has 2 aliphatic rings. The molecule has 7 heteroatoms. The molecule has 4 heterocycles. The van der Waals surface area contributed by atoms with Crippen LogP contribution in [0, 0.1) is 0 Å². The molecular formula is C16H19N5O2. The SMILES string of the molecule is COC1CC=C(c2nn(-c3cn[nH]c3)c3c2CCOCC3)C=N1. The van der Waals surface area contributed by atoms with Crippen molar-refractivity contribution in [2.24, 2.45) is 4.99 Å². The molecule has 0 fully saturated rings. The molecule has 0 radical (unpaired) electrons. The second-order valence-corrected chi connectivity index (χ2v) is 5.62. The summed E-state index contributed by atoms with van der Waals surface area (Å²) in [5, 5.41) is 11.7. The molecule has 1 N–H and O–H groups in total. The Morgan fingerprint density at radius 1 is 1.35 bits per heavy atom. The van der Waals surface area contributed by atoms with Gasteiger partial charge in [-0.05, 0) is 6.42 Å². The van der Waals surface area contributed by atoms with Crippen molar-refractivity contribution in [3.63, 3.8) is 0 Å². The van der Waals surface area contributed by atoms with Crippen LogP contribution in [0.4, 0.5) is 0 Å². The molecule has 0 saturated carbocycles. The number of dihydropyridines is 1. The van der Waals surface area contributed by atoms with Crippen molar-refractivity contribution < 1.29 is 9.47 Å². The maximum Gasteiger partial charge on any atom is 0.151 e. The van der Waals surface area contributed by atoms with Gasteiger partial charge in [0.25, 0.3) is 0 Å². The number of methoxy groups -OCH3 is 1. The first-order valence-electron chi connectivity index (χ1n) is 7.81. The van der Waals surface area contributed by atoms with E-state index in [-0.39, 0.29) is 6.23 Å². The van der Waals surface area contributed by atoms with Crippen LogP contribution in [0.5, 0.6) is 0 Å². The van der Waals surface area contributed by atoms with E-state index >= 15 is 0 Å². The van der Waals surface area contributed by atoms with Gasteiger partial charge in [-0.1, -0.05) is 6.08 Å². The van der Waals surface area contributed by atoms with Crippen LogP contribution in [0.1, 0.15) is 23.4 Å². The molecule has 1 atom stereocenters. The molecule has 1 unspecified atom stereocenters. The van der Waals surface area contributed by atoms with Gasteiger partial charge >= 0.3 is 0 Å². The third-order valence-corrected chi connectivity index (χ3v) is 4.26. The lowest BCUT2D eigenvalue weighted by Crippen LogP contribution is -2.11. The summed E-state index contributed by atoms with van der Waals surface area (Å²) in [4.78, 5) is 4.44. The van der Waals surface area contributed by atoms with Crippen LogP contribution in [0.2, 0.25) is 0 Å². The quantitative estimate of drug-likeness (QED) is 0.932. The molecule has 2 aromatic rings. The molecule has 7 nitrogen and oxygen atoms in total. The summed E-state index contributed by atoms with van der Waals surface area (Å²) >= 11 is 0. The third-order valence-electron chi connectivity index (χ3n) is 4.26. The molecule has 0 spiro atoms. The Hall–Kier alpha value is -2.25. The molecule has 0 bridgehead atoms. The van der Waals surface area contributed by atoms with E-state index in [1.165, 1.54) is 11.3 Å². The second kappa shape index (κ2) is 6.10. The number of allylic oxidation sites excluding steroid dienone is 1. The molecule has 0 aromatic carbocycles. The predicted molar refractivity (Wildman–Crippen MR) is 85.8 cm³/mol. The molecule has 120 valence electrons. The van der Waals surface area contributed by atoms with E-state index in [1.54, 1.807) is 13.3 Å². The monoisotopic (exact) mass is 313 g/mol. The van der Waals surface area contributed by atoms with Crippen molar-refractivity contribution in [1.29, 1.82) is 0 Å². The third kappa shape index (κ3) is 2.62. The van der Waals surface area contributed by atoms with Gasteiger partial charge in [-0.25, -0.2) is 4.68 Å². The molecule has 0 saturated heterocycles. The Bertz CT molecular complexity index is 745. The van der Waals surface area contributed by atoms with Crippen LogP contribution >= 0.6 is 0 Å². The average molecular weight is 313 g/mol. The highest BCUT2D eigenvalue weighted by atomic mass is 16.5. The lowest BCUT2D eigenvalue weighted by atomic mass is 10.0. The van der Waals surface area contributed by atoms with E-state index in [2.05, 4.69) is 21.3 Å². The minimum absolute atomic E-state index is 0.0864. The lowest BCUT2D eigenvalue weighted by Gasteiger charge is -2.13. The first-order chi connectivity index (χ1) is 11.4. The topological polar surface area (TPSA) is 77.3 Å². The van der Waals surface area contributed by atoms with Gasteiger partial charge in [-0.2, -0.15) is 10.2 Å². The standard InChI is InChI=1S/C16H19N5O2/c1-22-15-3-2-11(8-17-15)16-13-4-6-23-7-5-14(13)21(20-16)12-9-18-19-10-12/h2,8-10,15H,3-7H2,1H3,(H,18,19). The van der Waals surface area contributed by atoms with Gasteiger partial charge < -0.3 is 9.47 Å². The Kier molecular flexibility index (Phi) is 3.80. The highest BCUT2D eigenvalue weighted by Gasteiger charge is 2.24. The van der Waals surface area contributed by atoms with Crippen molar-refractivity contribution >= 4 is 11.8 Å². The number of ether oxygens (including phenoxy) is 2. The number of H-pyrrole nitrogens is 1. The van der Waals surface area contributed by atoms with Gasteiger partial charge in [0.15, 0.2) is 6.23 Å². The number of nitrogens with one attached hydrogen (secondary N) is 1. The highest BCUT2D eigenvalue weighted by molar-refractivity contribution is 6.10. The lowest BCUT2D eigenvalue weighted by molar-refractivity contribution is 0.113. The summed E-state index contributed by atoms with van der Waals surface area (Å²) in [6, 6.07) is 0. The van der Waals surface area contributed by atoms with Crippen molar-refractivity contribution in [3.8, 4) is 5.69 Å². The molecule has 23 heavy (non-hydrogen) atoms. The first kappa shape index (κ1) is 14.3. The summed E-state index contributed by atoms with van der Waals surface area (Å²) < 4.78 is 12.9. The molecular weight excluding hydrogens is 294 g/mol. The Morgan fingerprint density at radius 2 is 2.26 bits per heavy atom. The predicted octanol–water partition coefficient (Wildman–Crippen LogP) is 1.54.